The molecular formula is C14H21ClN2O3S. The summed E-state index contributed by atoms with van der Waals surface area (Å²) < 4.78 is 24.7. The zero-order valence-electron chi connectivity index (χ0n) is 12.4. The van der Waals surface area contributed by atoms with Crippen LogP contribution < -0.4 is 0 Å². The number of hydrogen-bond acceptors (Lipinski definition) is 3. The molecule has 118 valence electrons. The molecule has 2 heterocycles. The lowest BCUT2D eigenvalue weighted by Gasteiger charge is -2.33. The summed E-state index contributed by atoms with van der Waals surface area (Å²) in [7, 11) is 1.58. The SMILES string of the molecule is CCCn1cc(S(=O)(=O)Cl)cc1C(=O)N1CCCCC1C. The Morgan fingerprint density at radius 3 is 2.71 bits per heavy atom. The highest BCUT2D eigenvalue weighted by atomic mass is 35.7. The fourth-order valence-electron chi connectivity index (χ4n) is 2.77. The third-order valence-corrected chi connectivity index (χ3v) is 5.22. The Bertz CT molecular complexity index is 624. The van der Waals surface area contributed by atoms with Gasteiger partial charge in [0.15, 0.2) is 0 Å². The molecular weight excluding hydrogens is 312 g/mol. The van der Waals surface area contributed by atoms with E-state index in [1.165, 1.54) is 12.3 Å². The lowest BCUT2D eigenvalue weighted by molar-refractivity contribution is 0.0624. The molecule has 21 heavy (non-hydrogen) atoms. The van der Waals surface area contributed by atoms with E-state index >= 15 is 0 Å². The van der Waals surface area contributed by atoms with Gasteiger partial charge in [-0.05, 0) is 38.7 Å². The van der Waals surface area contributed by atoms with Gasteiger partial charge >= 0.3 is 0 Å². The smallest absolute Gasteiger partial charge is 0.270 e. The maximum atomic E-state index is 12.7. The quantitative estimate of drug-likeness (QED) is 0.796. The molecule has 1 unspecified atom stereocenters. The van der Waals surface area contributed by atoms with Crippen LogP contribution in [0.5, 0.6) is 0 Å². The first-order valence-corrected chi connectivity index (χ1v) is 9.61. The van der Waals surface area contributed by atoms with Gasteiger partial charge in [0.25, 0.3) is 15.0 Å². The molecule has 0 aliphatic carbocycles. The van der Waals surface area contributed by atoms with Gasteiger partial charge in [-0.25, -0.2) is 8.42 Å². The van der Waals surface area contributed by atoms with E-state index < -0.39 is 9.05 Å². The first-order chi connectivity index (χ1) is 9.84. The van der Waals surface area contributed by atoms with E-state index in [4.69, 9.17) is 10.7 Å². The molecule has 0 radical (unpaired) electrons. The van der Waals surface area contributed by atoms with Crippen molar-refractivity contribution in [2.24, 2.45) is 0 Å². The van der Waals surface area contributed by atoms with Crippen molar-refractivity contribution in [3.8, 4) is 0 Å². The number of carbonyl (C=O) groups excluding carboxylic acids is 1. The normalized spacial score (nSPS) is 19.8. The number of carbonyl (C=O) groups is 1. The summed E-state index contributed by atoms with van der Waals surface area (Å²) in [5, 5.41) is 0. The maximum absolute atomic E-state index is 12.7. The molecule has 1 aliphatic rings. The Balaban J connectivity index is 2.36. The average molecular weight is 333 g/mol. The molecule has 5 nitrogen and oxygen atoms in total. The van der Waals surface area contributed by atoms with Gasteiger partial charge in [-0.3, -0.25) is 4.79 Å². The van der Waals surface area contributed by atoms with Crippen LogP contribution in [0.25, 0.3) is 0 Å². The van der Waals surface area contributed by atoms with Crippen LogP contribution in [0.2, 0.25) is 0 Å². The van der Waals surface area contributed by atoms with Crippen molar-refractivity contribution in [3.63, 3.8) is 0 Å². The van der Waals surface area contributed by atoms with E-state index in [9.17, 15) is 13.2 Å². The Morgan fingerprint density at radius 1 is 1.43 bits per heavy atom. The lowest BCUT2D eigenvalue weighted by Crippen LogP contribution is -2.42. The highest BCUT2D eigenvalue weighted by molar-refractivity contribution is 8.13. The van der Waals surface area contributed by atoms with Gasteiger partial charge in [0.1, 0.15) is 10.6 Å². The number of aromatic nitrogens is 1. The summed E-state index contributed by atoms with van der Waals surface area (Å²) in [4.78, 5) is 14.5. The van der Waals surface area contributed by atoms with Crippen molar-refractivity contribution >= 4 is 25.6 Å². The number of hydrogen-bond donors (Lipinski definition) is 0. The third-order valence-electron chi connectivity index (χ3n) is 3.90. The summed E-state index contributed by atoms with van der Waals surface area (Å²) in [6.45, 7) is 5.33. The van der Waals surface area contributed by atoms with Crippen LogP contribution in [0.15, 0.2) is 17.2 Å². The van der Waals surface area contributed by atoms with E-state index in [0.717, 1.165) is 32.2 Å². The summed E-state index contributed by atoms with van der Waals surface area (Å²) in [6, 6.07) is 1.58. The highest BCUT2D eigenvalue weighted by Gasteiger charge is 2.28. The number of amides is 1. The first kappa shape index (κ1) is 16.4. The van der Waals surface area contributed by atoms with Crippen LogP contribution in [0.3, 0.4) is 0 Å². The molecule has 0 N–H and O–H groups in total. The fourth-order valence-corrected chi connectivity index (χ4v) is 3.53. The molecule has 0 aromatic carbocycles. The van der Waals surface area contributed by atoms with E-state index in [1.807, 2.05) is 18.7 Å². The van der Waals surface area contributed by atoms with Gasteiger partial charge < -0.3 is 9.47 Å². The van der Waals surface area contributed by atoms with Gasteiger partial charge in [0.2, 0.25) is 0 Å². The van der Waals surface area contributed by atoms with Crippen molar-refractivity contribution < 1.29 is 13.2 Å². The average Bonchev–Trinajstić information content (AvgIpc) is 2.83. The minimum atomic E-state index is -3.82. The van der Waals surface area contributed by atoms with Crippen molar-refractivity contribution in [2.45, 2.75) is 57.0 Å². The van der Waals surface area contributed by atoms with Gasteiger partial charge in [-0.1, -0.05) is 6.92 Å². The van der Waals surface area contributed by atoms with Crippen molar-refractivity contribution in [3.05, 3.63) is 18.0 Å². The number of nitrogens with zero attached hydrogens (tertiary/aromatic N) is 2. The van der Waals surface area contributed by atoms with E-state index in [2.05, 4.69) is 0 Å². The Labute approximate surface area is 130 Å². The molecule has 1 amide bonds. The molecule has 1 aliphatic heterocycles. The van der Waals surface area contributed by atoms with Crippen LogP contribution in [0, 0.1) is 0 Å². The predicted molar refractivity (Wildman–Crippen MR) is 82.1 cm³/mol. The second-order valence-corrected chi connectivity index (χ2v) is 8.10. The van der Waals surface area contributed by atoms with Gasteiger partial charge in [-0.15, -0.1) is 0 Å². The van der Waals surface area contributed by atoms with Crippen LogP contribution in [0.4, 0.5) is 0 Å². The predicted octanol–water partition coefficient (Wildman–Crippen LogP) is 2.84. The number of rotatable bonds is 4. The minimum Gasteiger partial charge on any atom is -0.342 e. The standard InChI is InChI=1S/C14H21ClN2O3S/c1-3-7-16-10-12(21(15,19)20)9-13(16)14(18)17-8-5-4-6-11(17)2/h9-11H,3-8H2,1-2H3. The molecule has 1 aromatic rings. The molecule has 1 aromatic heterocycles. The van der Waals surface area contributed by atoms with E-state index in [-0.39, 0.29) is 16.8 Å². The minimum absolute atomic E-state index is 0.00868. The van der Waals surface area contributed by atoms with Crippen molar-refractivity contribution in [1.29, 1.82) is 0 Å². The summed E-state index contributed by atoms with van der Waals surface area (Å²) >= 11 is 0. The number of piperidine rings is 1. The number of likely N-dealkylation sites (tertiary alicyclic amines) is 1. The van der Waals surface area contributed by atoms with Crippen LogP contribution >= 0.6 is 10.7 Å². The van der Waals surface area contributed by atoms with Gasteiger partial charge in [0, 0.05) is 36.0 Å². The lowest BCUT2D eigenvalue weighted by atomic mass is 10.0. The molecule has 2 rings (SSSR count). The van der Waals surface area contributed by atoms with E-state index in [0.29, 0.717) is 12.2 Å². The topological polar surface area (TPSA) is 59.4 Å². The van der Waals surface area contributed by atoms with Crippen molar-refractivity contribution in [1.82, 2.24) is 9.47 Å². The Hall–Kier alpha value is -1.01. The fraction of sp³-hybridized carbons (Fsp3) is 0.643. The number of aryl methyl sites for hydroxylation is 1. The largest absolute Gasteiger partial charge is 0.342 e. The summed E-state index contributed by atoms with van der Waals surface area (Å²) in [6.07, 6.45) is 5.37. The molecule has 0 saturated carbocycles. The summed E-state index contributed by atoms with van der Waals surface area (Å²) in [5.41, 5.74) is 0.407. The van der Waals surface area contributed by atoms with Crippen LogP contribution in [-0.4, -0.2) is 36.4 Å². The van der Waals surface area contributed by atoms with Crippen LogP contribution in [0.1, 0.15) is 50.0 Å². The molecule has 0 spiro atoms. The highest BCUT2D eigenvalue weighted by Crippen LogP contribution is 2.23. The maximum Gasteiger partial charge on any atom is 0.270 e. The monoisotopic (exact) mass is 332 g/mol. The molecule has 1 saturated heterocycles. The number of halogens is 1. The van der Waals surface area contributed by atoms with Crippen molar-refractivity contribution in [2.75, 3.05) is 6.54 Å². The zero-order chi connectivity index (χ0) is 15.6. The zero-order valence-corrected chi connectivity index (χ0v) is 14.0. The first-order valence-electron chi connectivity index (χ1n) is 7.30. The Kier molecular flexibility index (Phi) is 4.99. The van der Waals surface area contributed by atoms with Gasteiger partial charge in [0.05, 0.1) is 0 Å². The molecule has 1 fully saturated rings. The molecule has 7 heteroatoms. The van der Waals surface area contributed by atoms with E-state index in [1.54, 1.807) is 4.57 Å². The van der Waals surface area contributed by atoms with Crippen LogP contribution in [-0.2, 0) is 15.6 Å². The molecule has 0 bridgehead atoms. The molecule has 1 atom stereocenters. The second kappa shape index (κ2) is 6.40. The second-order valence-electron chi connectivity index (χ2n) is 5.54. The Morgan fingerprint density at radius 2 is 2.14 bits per heavy atom. The van der Waals surface area contributed by atoms with Gasteiger partial charge in [-0.2, -0.15) is 0 Å². The summed E-state index contributed by atoms with van der Waals surface area (Å²) in [5.74, 6) is -0.109. The third kappa shape index (κ3) is 3.61.